The van der Waals surface area contributed by atoms with Crippen LogP contribution in [0, 0.1) is 0 Å². The third-order valence-corrected chi connectivity index (χ3v) is 2.63. The summed E-state index contributed by atoms with van der Waals surface area (Å²) in [4.78, 5) is 6.12. The van der Waals surface area contributed by atoms with Gasteiger partial charge in [-0.3, -0.25) is 0 Å². The maximum Gasteiger partial charge on any atom is 0.186 e. The van der Waals surface area contributed by atoms with E-state index in [-0.39, 0.29) is 6.04 Å². The van der Waals surface area contributed by atoms with Gasteiger partial charge in [0, 0.05) is 25.0 Å². The highest BCUT2D eigenvalue weighted by Gasteiger charge is 2.06. The minimum atomic E-state index is 0.151. The highest BCUT2D eigenvalue weighted by molar-refractivity contribution is 7.14. The maximum atomic E-state index is 5.68. The zero-order valence-electron chi connectivity index (χ0n) is 7.12. The monoisotopic (exact) mass is 205 g/mol. The Morgan fingerprint density at radius 2 is 2.50 bits per heavy atom. The second kappa shape index (κ2) is 4.07. The number of nitrogens with two attached hydrogens (primary N) is 1. The van der Waals surface area contributed by atoms with Crippen LogP contribution in [0.3, 0.4) is 0 Å². The zero-order valence-corrected chi connectivity index (χ0v) is 8.69. The van der Waals surface area contributed by atoms with Gasteiger partial charge in [-0.1, -0.05) is 11.6 Å². The standard InChI is InChI=1S/C7H12ClN3S/c1-5(9)3-11(2)7-10-6(8)4-12-7/h4-5H,3,9H2,1-2H3. The Balaban J connectivity index is 2.58. The summed E-state index contributed by atoms with van der Waals surface area (Å²) in [5.41, 5.74) is 5.64. The molecule has 0 fully saturated rings. The van der Waals surface area contributed by atoms with Crippen LogP contribution in [-0.2, 0) is 0 Å². The molecule has 1 heterocycles. The largest absolute Gasteiger partial charge is 0.350 e. The second-order valence-corrected chi connectivity index (χ2v) is 4.03. The number of likely N-dealkylation sites (N-methyl/N-ethyl adjacent to an activating group) is 1. The lowest BCUT2D eigenvalue weighted by Gasteiger charge is -2.17. The average Bonchev–Trinajstić information content (AvgIpc) is 2.34. The zero-order chi connectivity index (χ0) is 9.14. The summed E-state index contributed by atoms with van der Waals surface area (Å²) < 4.78 is 0. The van der Waals surface area contributed by atoms with Crippen LogP contribution in [0.4, 0.5) is 5.13 Å². The first kappa shape index (κ1) is 9.77. The summed E-state index contributed by atoms with van der Waals surface area (Å²) in [5.74, 6) is 0. The van der Waals surface area contributed by atoms with Gasteiger partial charge >= 0.3 is 0 Å². The van der Waals surface area contributed by atoms with Crippen LogP contribution in [-0.4, -0.2) is 24.6 Å². The van der Waals surface area contributed by atoms with E-state index in [2.05, 4.69) is 4.98 Å². The predicted octanol–water partition coefficient (Wildman–Crippen LogP) is 1.58. The van der Waals surface area contributed by atoms with Gasteiger partial charge in [0.05, 0.1) is 0 Å². The van der Waals surface area contributed by atoms with E-state index in [1.807, 2.05) is 24.3 Å². The number of halogens is 1. The van der Waals surface area contributed by atoms with E-state index in [1.54, 1.807) is 0 Å². The molecule has 1 unspecified atom stereocenters. The van der Waals surface area contributed by atoms with E-state index < -0.39 is 0 Å². The van der Waals surface area contributed by atoms with Crippen LogP contribution in [0.15, 0.2) is 5.38 Å². The van der Waals surface area contributed by atoms with E-state index in [0.29, 0.717) is 5.15 Å². The molecule has 0 aromatic carbocycles. The van der Waals surface area contributed by atoms with Crippen molar-refractivity contribution in [2.75, 3.05) is 18.5 Å². The van der Waals surface area contributed by atoms with E-state index in [0.717, 1.165) is 11.7 Å². The Bertz CT molecular complexity index is 249. The van der Waals surface area contributed by atoms with E-state index >= 15 is 0 Å². The fourth-order valence-corrected chi connectivity index (χ4v) is 1.86. The van der Waals surface area contributed by atoms with Crippen molar-refractivity contribution in [2.45, 2.75) is 13.0 Å². The van der Waals surface area contributed by atoms with Gasteiger partial charge in [0.25, 0.3) is 0 Å². The molecule has 0 aliphatic carbocycles. The van der Waals surface area contributed by atoms with Gasteiger partial charge in [0.2, 0.25) is 0 Å². The number of rotatable bonds is 3. The van der Waals surface area contributed by atoms with Gasteiger partial charge in [-0.25, -0.2) is 4.98 Å². The van der Waals surface area contributed by atoms with E-state index in [4.69, 9.17) is 17.3 Å². The molecule has 0 amide bonds. The summed E-state index contributed by atoms with van der Waals surface area (Å²) in [6, 6.07) is 0.151. The molecular formula is C7H12ClN3S. The molecule has 2 N–H and O–H groups in total. The molecule has 68 valence electrons. The normalized spacial score (nSPS) is 13.0. The van der Waals surface area contributed by atoms with Gasteiger partial charge in [-0.2, -0.15) is 0 Å². The van der Waals surface area contributed by atoms with Gasteiger partial charge in [0.15, 0.2) is 5.13 Å². The van der Waals surface area contributed by atoms with Crippen molar-refractivity contribution in [3.05, 3.63) is 10.5 Å². The first-order valence-electron chi connectivity index (χ1n) is 3.67. The van der Waals surface area contributed by atoms with Gasteiger partial charge < -0.3 is 10.6 Å². The lowest BCUT2D eigenvalue weighted by atomic mass is 10.3. The third-order valence-electron chi connectivity index (χ3n) is 1.35. The number of hydrogen-bond acceptors (Lipinski definition) is 4. The molecule has 0 saturated heterocycles. The summed E-state index contributed by atoms with van der Waals surface area (Å²) in [7, 11) is 1.96. The molecule has 0 radical (unpaired) electrons. The van der Waals surface area contributed by atoms with Crippen molar-refractivity contribution in [2.24, 2.45) is 5.73 Å². The summed E-state index contributed by atoms with van der Waals surface area (Å²) in [6.45, 7) is 2.76. The quantitative estimate of drug-likeness (QED) is 0.815. The fraction of sp³-hybridized carbons (Fsp3) is 0.571. The molecule has 12 heavy (non-hydrogen) atoms. The Kier molecular flexibility index (Phi) is 3.31. The first-order chi connectivity index (χ1) is 5.59. The summed E-state index contributed by atoms with van der Waals surface area (Å²) >= 11 is 7.21. The summed E-state index contributed by atoms with van der Waals surface area (Å²) in [6.07, 6.45) is 0. The molecule has 0 bridgehead atoms. The average molecular weight is 206 g/mol. The number of hydrogen-bond donors (Lipinski definition) is 1. The Morgan fingerprint density at radius 3 is 2.92 bits per heavy atom. The molecule has 0 saturated carbocycles. The van der Waals surface area contributed by atoms with E-state index in [9.17, 15) is 0 Å². The van der Waals surface area contributed by atoms with Crippen LogP contribution in [0.2, 0.25) is 5.15 Å². The molecule has 1 aromatic rings. The first-order valence-corrected chi connectivity index (χ1v) is 4.93. The highest BCUT2D eigenvalue weighted by Crippen LogP contribution is 2.21. The highest BCUT2D eigenvalue weighted by atomic mass is 35.5. The number of aromatic nitrogens is 1. The number of anilines is 1. The van der Waals surface area contributed by atoms with Gasteiger partial charge in [-0.05, 0) is 6.92 Å². The molecule has 1 atom stereocenters. The molecule has 0 spiro atoms. The SMILES string of the molecule is CC(N)CN(C)c1nc(Cl)cs1. The Labute approximate surface area is 81.2 Å². The van der Waals surface area contributed by atoms with Crippen molar-refractivity contribution < 1.29 is 0 Å². The predicted molar refractivity (Wildman–Crippen MR) is 54.0 cm³/mol. The molecule has 1 aromatic heterocycles. The molecule has 3 nitrogen and oxygen atoms in total. The van der Waals surface area contributed by atoms with Crippen molar-refractivity contribution >= 4 is 28.1 Å². The van der Waals surface area contributed by atoms with Crippen LogP contribution in [0.25, 0.3) is 0 Å². The smallest absolute Gasteiger partial charge is 0.186 e. The Morgan fingerprint density at radius 1 is 1.83 bits per heavy atom. The lowest BCUT2D eigenvalue weighted by Crippen LogP contribution is -2.32. The molecule has 5 heteroatoms. The van der Waals surface area contributed by atoms with Gasteiger partial charge in [0.1, 0.15) is 5.15 Å². The van der Waals surface area contributed by atoms with Crippen LogP contribution in [0.1, 0.15) is 6.92 Å². The summed E-state index contributed by atoms with van der Waals surface area (Å²) in [5, 5.41) is 3.28. The number of nitrogens with zero attached hydrogens (tertiary/aromatic N) is 2. The van der Waals surface area contributed by atoms with E-state index in [1.165, 1.54) is 11.3 Å². The number of thiazole rings is 1. The molecule has 1 rings (SSSR count). The second-order valence-electron chi connectivity index (χ2n) is 2.81. The fourth-order valence-electron chi connectivity index (χ4n) is 0.931. The third kappa shape index (κ3) is 2.62. The maximum absolute atomic E-state index is 5.68. The Hall–Kier alpha value is -0.320. The molecular weight excluding hydrogens is 194 g/mol. The molecule has 0 aliphatic rings. The van der Waals surface area contributed by atoms with Crippen LogP contribution in [0.5, 0.6) is 0 Å². The van der Waals surface area contributed by atoms with Crippen molar-refractivity contribution in [3.8, 4) is 0 Å². The topological polar surface area (TPSA) is 42.1 Å². The minimum absolute atomic E-state index is 0.151. The van der Waals surface area contributed by atoms with Crippen molar-refractivity contribution in [3.63, 3.8) is 0 Å². The van der Waals surface area contributed by atoms with Crippen molar-refractivity contribution in [1.82, 2.24) is 4.98 Å². The van der Waals surface area contributed by atoms with Crippen molar-refractivity contribution in [1.29, 1.82) is 0 Å². The molecule has 0 aliphatic heterocycles. The van der Waals surface area contributed by atoms with Crippen LogP contribution >= 0.6 is 22.9 Å². The minimum Gasteiger partial charge on any atom is -0.350 e. The van der Waals surface area contributed by atoms with Gasteiger partial charge in [-0.15, -0.1) is 11.3 Å². The lowest BCUT2D eigenvalue weighted by molar-refractivity contribution is 0.716. The van der Waals surface area contributed by atoms with Crippen LogP contribution < -0.4 is 10.6 Å².